The van der Waals surface area contributed by atoms with E-state index >= 15 is 0 Å². The SMILES string of the molecule is CNCC1CCN(C(=O)CCCCOc2ccc(Br)cc2)CC1. The standard InChI is InChI=1S/C18H27BrN2O2/c1-20-14-15-9-11-21(12-10-15)18(22)4-2-3-13-23-17-7-5-16(19)6-8-17/h5-8,15,20H,2-4,9-14H2,1H3. The molecule has 0 spiro atoms. The van der Waals surface area contributed by atoms with E-state index in [1.165, 1.54) is 0 Å². The Balaban J connectivity index is 1.55. The lowest BCUT2D eigenvalue weighted by Crippen LogP contribution is -2.40. The van der Waals surface area contributed by atoms with Gasteiger partial charge in [0.25, 0.3) is 0 Å². The van der Waals surface area contributed by atoms with E-state index in [4.69, 9.17) is 4.74 Å². The summed E-state index contributed by atoms with van der Waals surface area (Å²) in [6, 6.07) is 7.84. The summed E-state index contributed by atoms with van der Waals surface area (Å²) >= 11 is 3.40. The number of nitrogens with zero attached hydrogens (tertiary/aromatic N) is 1. The normalized spacial score (nSPS) is 15.7. The maximum absolute atomic E-state index is 12.2. The van der Waals surface area contributed by atoms with E-state index in [2.05, 4.69) is 21.2 Å². The smallest absolute Gasteiger partial charge is 0.222 e. The van der Waals surface area contributed by atoms with Gasteiger partial charge in [0.15, 0.2) is 0 Å². The Labute approximate surface area is 147 Å². The third-order valence-corrected chi connectivity index (χ3v) is 4.86. The molecule has 0 aromatic heterocycles. The van der Waals surface area contributed by atoms with Gasteiger partial charge in [-0.15, -0.1) is 0 Å². The molecule has 1 aromatic rings. The van der Waals surface area contributed by atoms with Crippen molar-refractivity contribution in [2.45, 2.75) is 32.1 Å². The highest BCUT2D eigenvalue weighted by atomic mass is 79.9. The maximum atomic E-state index is 12.2. The van der Waals surface area contributed by atoms with E-state index in [1.54, 1.807) is 0 Å². The predicted octanol–water partition coefficient (Wildman–Crippen LogP) is 3.46. The molecule has 0 unspecified atom stereocenters. The van der Waals surface area contributed by atoms with Gasteiger partial charge in [-0.1, -0.05) is 15.9 Å². The van der Waals surface area contributed by atoms with Crippen molar-refractivity contribution < 1.29 is 9.53 Å². The number of benzene rings is 1. The molecule has 128 valence electrons. The topological polar surface area (TPSA) is 41.6 Å². The second-order valence-electron chi connectivity index (χ2n) is 6.14. The molecule has 0 bridgehead atoms. The summed E-state index contributed by atoms with van der Waals surface area (Å²) in [5.74, 6) is 1.91. The lowest BCUT2D eigenvalue weighted by molar-refractivity contribution is -0.132. The van der Waals surface area contributed by atoms with Gasteiger partial charge in [-0.2, -0.15) is 0 Å². The third kappa shape index (κ3) is 6.51. The first-order valence-electron chi connectivity index (χ1n) is 8.50. The molecule has 1 aromatic carbocycles. The van der Waals surface area contributed by atoms with E-state index < -0.39 is 0 Å². The van der Waals surface area contributed by atoms with Crippen LogP contribution in [0.2, 0.25) is 0 Å². The van der Waals surface area contributed by atoms with Crippen LogP contribution >= 0.6 is 15.9 Å². The average Bonchev–Trinajstić information content (AvgIpc) is 2.57. The van der Waals surface area contributed by atoms with Crippen LogP contribution in [0.25, 0.3) is 0 Å². The Kier molecular flexibility index (Phi) is 7.89. The van der Waals surface area contributed by atoms with Crippen molar-refractivity contribution in [3.63, 3.8) is 0 Å². The summed E-state index contributed by atoms with van der Waals surface area (Å²) in [7, 11) is 1.99. The van der Waals surface area contributed by atoms with Crippen LogP contribution in [-0.4, -0.2) is 44.1 Å². The molecule has 0 radical (unpaired) electrons. The van der Waals surface area contributed by atoms with Crippen molar-refractivity contribution in [3.05, 3.63) is 28.7 Å². The fourth-order valence-electron chi connectivity index (χ4n) is 2.93. The fourth-order valence-corrected chi connectivity index (χ4v) is 3.20. The first kappa shape index (κ1) is 18.3. The van der Waals surface area contributed by atoms with Crippen LogP contribution in [0.1, 0.15) is 32.1 Å². The first-order valence-corrected chi connectivity index (χ1v) is 9.29. The minimum atomic E-state index is 0.302. The third-order valence-electron chi connectivity index (χ3n) is 4.33. The molecule has 2 rings (SSSR count). The lowest BCUT2D eigenvalue weighted by atomic mass is 9.96. The largest absolute Gasteiger partial charge is 0.494 e. The minimum Gasteiger partial charge on any atom is -0.494 e. The van der Waals surface area contributed by atoms with Gasteiger partial charge in [0.1, 0.15) is 5.75 Å². The van der Waals surface area contributed by atoms with Gasteiger partial charge >= 0.3 is 0 Å². The highest BCUT2D eigenvalue weighted by Gasteiger charge is 2.21. The number of amides is 1. The van der Waals surface area contributed by atoms with E-state index in [-0.39, 0.29) is 0 Å². The monoisotopic (exact) mass is 382 g/mol. The molecule has 0 saturated carbocycles. The average molecular weight is 383 g/mol. The highest BCUT2D eigenvalue weighted by Crippen LogP contribution is 2.18. The molecule has 23 heavy (non-hydrogen) atoms. The zero-order chi connectivity index (χ0) is 16.5. The summed E-state index contributed by atoms with van der Waals surface area (Å²) in [4.78, 5) is 14.2. The zero-order valence-corrected chi connectivity index (χ0v) is 15.5. The predicted molar refractivity (Wildman–Crippen MR) is 96.7 cm³/mol. The Morgan fingerprint density at radius 3 is 2.61 bits per heavy atom. The van der Waals surface area contributed by atoms with Gasteiger partial charge in [0.2, 0.25) is 5.91 Å². The van der Waals surface area contributed by atoms with Gasteiger partial charge in [0.05, 0.1) is 6.61 Å². The number of hydrogen-bond donors (Lipinski definition) is 1. The molecular formula is C18H27BrN2O2. The number of likely N-dealkylation sites (tertiary alicyclic amines) is 1. The molecule has 1 saturated heterocycles. The summed E-state index contributed by atoms with van der Waals surface area (Å²) in [6.07, 6.45) is 4.70. The minimum absolute atomic E-state index is 0.302. The molecule has 5 heteroatoms. The second-order valence-corrected chi connectivity index (χ2v) is 7.06. The van der Waals surface area contributed by atoms with Crippen LogP contribution in [0.15, 0.2) is 28.7 Å². The summed E-state index contributed by atoms with van der Waals surface area (Å²) in [5.41, 5.74) is 0. The number of ether oxygens (including phenoxy) is 1. The number of halogens is 1. The summed E-state index contributed by atoms with van der Waals surface area (Å²) in [6.45, 7) is 3.57. The van der Waals surface area contributed by atoms with Crippen LogP contribution in [0, 0.1) is 5.92 Å². The molecule has 1 amide bonds. The second kappa shape index (κ2) is 9.93. The van der Waals surface area contributed by atoms with Gasteiger partial charge in [-0.05, 0) is 69.5 Å². The molecular weight excluding hydrogens is 356 g/mol. The number of hydrogen-bond acceptors (Lipinski definition) is 3. The van der Waals surface area contributed by atoms with Crippen LogP contribution in [0.3, 0.4) is 0 Å². The van der Waals surface area contributed by atoms with Crippen molar-refractivity contribution in [1.82, 2.24) is 10.2 Å². The van der Waals surface area contributed by atoms with Crippen molar-refractivity contribution in [2.24, 2.45) is 5.92 Å². The number of carbonyl (C=O) groups is 1. The number of piperidine rings is 1. The Morgan fingerprint density at radius 2 is 1.96 bits per heavy atom. The van der Waals surface area contributed by atoms with E-state index in [1.807, 2.05) is 36.2 Å². The number of rotatable bonds is 8. The van der Waals surface area contributed by atoms with Crippen LogP contribution < -0.4 is 10.1 Å². The van der Waals surface area contributed by atoms with E-state index in [0.29, 0.717) is 18.9 Å². The Morgan fingerprint density at radius 1 is 1.26 bits per heavy atom. The van der Waals surface area contributed by atoms with Crippen molar-refractivity contribution in [1.29, 1.82) is 0 Å². The number of unbranched alkanes of at least 4 members (excludes halogenated alkanes) is 1. The first-order chi connectivity index (χ1) is 11.2. The van der Waals surface area contributed by atoms with E-state index in [0.717, 1.165) is 61.5 Å². The molecule has 1 aliphatic rings. The van der Waals surface area contributed by atoms with Crippen LogP contribution in [0.4, 0.5) is 0 Å². The molecule has 1 heterocycles. The number of nitrogens with one attached hydrogen (secondary N) is 1. The summed E-state index contributed by atoms with van der Waals surface area (Å²) in [5, 5.41) is 3.23. The van der Waals surface area contributed by atoms with Gasteiger partial charge in [-0.25, -0.2) is 0 Å². The highest BCUT2D eigenvalue weighted by molar-refractivity contribution is 9.10. The molecule has 0 atom stereocenters. The maximum Gasteiger partial charge on any atom is 0.222 e. The summed E-state index contributed by atoms with van der Waals surface area (Å²) < 4.78 is 6.73. The lowest BCUT2D eigenvalue weighted by Gasteiger charge is -2.32. The zero-order valence-electron chi connectivity index (χ0n) is 13.9. The molecule has 1 N–H and O–H groups in total. The Hall–Kier alpha value is -1.07. The van der Waals surface area contributed by atoms with Crippen LogP contribution in [0.5, 0.6) is 5.75 Å². The quantitative estimate of drug-likeness (QED) is 0.699. The van der Waals surface area contributed by atoms with Gasteiger partial charge in [0, 0.05) is 24.0 Å². The van der Waals surface area contributed by atoms with Gasteiger partial charge in [-0.3, -0.25) is 4.79 Å². The van der Waals surface area contributed by atoms with Gasteiger partial charge < -0.3 is 15.0 Å². The molecule has 1 aliphatic heterocycles. The Bertz CT molecular complexity index is 470. The van der Waals surface area contributed by atoms with Crippen molar-refractivity contribution >= 4 is 21.8 Å². The molecule has 1 fully saturated rings. The fraction of sp³-hybridized carbons (Fsp3) is 0.611. The van der Waals surface area contributed by atoms with E-state index in [9.17, 15) is 4.79 Å². The number of carbonyl (C=O) groups excluding carboxylic acids is 1. The molecule has 4 nitrogen and oxygen atoms in total. The van der Waals surface area contributed by atoms with Crippen LogP contribution in [-0.2, 0) is 4.79 Å². The molecule has 0 aliphatic carbocycles. The van der Waals surface area contributed by atoms with Crippen molar-refractivity contribution in [2.75, 3.05) is 33.3 Å². The van der Waals surface area contributed by atoms with Crippen molar-refractivity contribution in [3.8, 4) is 5.75 Å².